The number of halogens is 3. The Balaban J connectivity index is 1.46. The summed E-state index contributed by atoms with van der Waals surface area (Å²) in [6, 6.07) is 9.57. The van der Waals surface area contributed by atoms with Crippen molar-refractivity contribution in [1.82, 2.24) is 19.7 Å². The van der Waals surface area contributed by atoms with E-state index in [1.54, 1.807) is 6.07 Å². The number of alkyl halides is 3. The number of hydrogen-bond donors (Lipinski definition) is 2. The second-order valence-electron chi connectivity index (χ2n) is 6.57. The van der Waals surface area contributed by atoms with Crippen LogP contribution in [-0.4, -0.2) is 46.4 Å². The smallest absolute Gasteiger partial charge is 0.354 e. The second kappa shape index (κ2) is 8.36. The number of benzene rings is 1. The van der Waals surface area contributed by atoms with Gasteiger partial charge < -0.3 is 10.2 Å². The molecule has 0 unspecified atom stereocenters. The molecule has 1 saturated heterocycles. The number of carbonyl (C=O) groups is 1. The number of anilines is 2. The van der Waals surface area contributed by atoms with Crippen LogP contribution in [-0.2, 0) is 6.18 Å². The Morgan fingerprint density at radius 2 is 1.80 bits per heavy atom. The topological polar surface area (TPSA) is 83.0 Å². The van der Waals surface area contributed by atoms with Crippen LogP contribution in [0.15, 0.2) is 42.5 Å². The number of pyridine rings is 1. The summed E-state index contributed by atoms with van der Waals surface area (Å²) >= 11 is 0.980. The van der Waals surface area contributed by atoms with Gasteiger partial charge in [0.25, 0.3) is 5.91 Å². The Labute approximate surface area is 174 Å². The summed E-state index contributed by atoms with van der Waals surface area (Å²) in [7, 11) is 0. The van der Waals surface area contributed by atoms with E-state index in [9.17, 15) is 18.0 Å². The molecule has 1 aliphatic heterocycles. The lowest BCUT2D eigenvalue weighted by Crippen LogP contribution is -2.43. The third-order valence-electron chi connectivity index (χ3n) is 4.53. The molecule has 0 aliphatic carbocycles. The van der Waals surface area contributed by atoms with Crippen molar-refractivity contribution in [1.29, 1.82) is 0 Å². The zero-order chi connectivity index (χ0) is 21.1. The molecule has 0 radical (unpaired) electrons. The van der Waals surface area contributed by atoms with Crippen molar-refractivity contribution in [2.45, 2.75) is 6.18 Å². The molecule has 30 heavy (non-hydrogen) atoms. The first-order chi connectivity index (χ1) is 14.4. The number of rotatable bonds is 4. The van der Waals surface area contributed by atoms with E-state index in [0.717, 1.165) is 67.8 Å². The van der Waals surface area contributed by atoms with Gasteiger partial charge in [0.2, 0.25) is 5.13 Å². The van der Waals surface area contributed by atoms with Crippen LogP contribution in [0.3, 0.4) is 0 Å². The molecule has 1 fully saturated rings. The Hall–Kier alpha value is -3.05. The fraction of sp³-hybridized carbons (Fsp3) is 0.263. The number of piperazine rings is 1. The molecular formula is C19H17F3N6OS. The van der Waals surface area contributed by atoms with Gasteiger partial charge in [0.05, 0.1) is 5.56 Å². The first kappa shape index (κ1) is 20.2. The van der Waals surface area contributed by atoms with Crippen LogP contribution in [0.25, 0.3) is 11.5 Å². The Bertz CT molecular complexity index is 1030. The predicted octanol–water partition coefficient (Wildman–Crippen LogP) is 3.28. The summed E-state index contributed by atoms with van der Waals surface area (Å²) in [4.78, 5) is 23.4. The molecule has 7 nitrogen and oxygen atoms in total. The van der Waals surface area contributed by atoms with Gasteiger partial charge in [-0.3, -0.25) is 10.1 Å². The summed E-state index contributed by atoms with van der Waals surface area (Å²) in [5, 5.41) is 6.09. The first-order valence-corrected chi connectivity index (χ1v) is 9.93. The molecule has 2 N–H and O–H groups in total. The largest absolute Gasteiger partial charge is 0.416 e. The predicted molar refractivity (Wildman–Crippen MR) is 108 cm³/mol. The molecule has 11 heteroatoms. The molecule has 4 rings (SSSR count). The van der Waals surface area contributed by atoms with Crippen molar-refractivity contribution in [3.63, 3.8) is 0 Å². The molecule has 1 amide bonds. The highest BCUT2D eigenvalue weighted by atomic mass is 32.1. The maximum Gasteiger partial charge on any atom is 0.416 e. The fourth-order valence-electron chi connectivity index (χ4n) is 2.98. The van der Waals surface area contributed by atoms with Crippen LogP contribution in [0.1, 0.15) is 15.9 Å². The number of nitrogens with one attached hydrogen (secondary N) is 2. The van der Waals surface area contributed by atoms with Gasteiger partial charge in [0.15, 0.2) is 5.82 Å². The average Bonchev–Trinajstić information content (AvgIpc) is 3.22. The van der Waals surface area contributed by atoms with Gasteiger partial charge in [-0.15, -0.1) is 0 Å². The van der Waals surface area contributed by atoms with Crippen molar-refractivity contribution < 1.29 is 18.0 Å². The van der Waals surface area contributed by atoms with Crippen molar-refractivity contribution in [2.75, 3.05) is 36.4 Å². The van der Waals surface area contributed by atoms with Gasteiger partial charge in [0, 0.05) is 43.3 Å². The van der Waals surface area contributed by atoms with Crippen molar-refractivity contribution >= 4 is 28.4 Å². The molecule has 1 aromatic carbocycles. The van der Waals surface area contributed by atoms with Gasteiger partial charge in [0.1, 0.15) is 11.5 Å². The summed E-state index contributed by atoms with van der Waals surface area (Å²) in [5.41, 5.74) is -0.136. The lowest BCUT2D eigenvalue weighted by molar-refractivity contribution is -0.137. The highest BCUT2D eigenvalue weighted by Gasteiger charge is 2.30. The minimum absolute atomic E-state index is 0.0959. The van der Waals surface area contributed by atoms with E-state index in [4.69, 9.17) is 0 Å². The highest BCUT2D eigenvalue weighted by molar-refractivity contribution is 7.10. The third kappa shape index (κ3) is 4.57. The lowest BCUT2D eigenvalue weighted by atomic mass is 10.1. The quantitative estimate of drug-likeness (QED) is 0.656. The molecule has 0 spiro atoms. The van der Waals surface area contributed by atoms with E-state index in [1.807, 2.05) is 12.1 Å². The zero-order valence-electron chi connectivity index (χ0n) is 15.6. The second-order valence-corrected chi connectivity index (χ2v) is 7.32. The number of carbonyl (C=O) groups excluding carboxylic acids is 1. The van der Waals surface area contributed by atoms with Crippen LogP contribution in [0.5, 0.6) is 0 Å². The zero-order valence-corrected chi connectivity index (χ0v) is 16.4. The van der Waals surface area contributed by atoms with E-state index in [-0.39, 0.29) is 10.7 Å². The summed E-state index contributed by atoms with van der Waals surface area (Å²) in [6.45, 7) is 3.49. The van der Waals surface area contributed by atoms with Crippen molar-refractivity contribution in [3.8, 4) is 11.5 Å². The van der Waals surface area contributed by atoms with E-state index in [0.29, 0.717) is 11.5 Å². The molecule has 2 aromatic heterocycles. The molecule has 156 valence electrons. The van der Waals surface area contributed by atoms with E-state index < -0.39 is 17.6 Å². The van der Waals surface area contributed by atoms with E-state index in [1.165, 1.54) is 0 Å². The molecule has 0 atom stereocenters. The fourth-order valence-corrected chi connectivity index (χ4v) is 3.55. The Morgan fingerprint density at radius 3 is 2.50 bits per heavy atom. The minimum Gasteiger partial charge on any atom is -0.354 e. The highest BCUT2D eigenvalue weighted by Crippen LogP contribution is 2.29. The van der Waals surface area contributed by atoms with Gasteiger partial charge in [-0.1, -0.05) is 6.07 Å². The van der Waals surface area contributed by atoms with Crippen LogP contribution < -0.4 is 15.5 Å². The minimum atomic E-state index is -4.45. The van der Waals surface area contributed by atoms with Gasteiger partial charge in [-0.25, -0.2) is 4.98 Å². The third-order valence-corrected chi connectivity index (χ3v) is 5.16. The number of nitrogens with zero attached hydrogens (tertiary/aromatic N) is 4. The molecule has 3 aromatic rings. The summed E-state index contributed by atoms with van der Waals surface area (Å²) in [5.74, 6) is 0.646. The van der Waals surface area contributed by atoms with Crippen LogP contribution in [0.4, 0.5) is 24.1 Å². The van der Waals surface area contributed by atoms with Crippen LogP contribution in [0.2, 0.25) is 0 Å². The lowest BCUT2D eigenvalue weighted by Gasteiger charge is -2.28. The van der Waals surface area contributed by atoms with Crippen LogP contribution >= 0.6 is 11.5 Å². The summed E-state index contributed by atoms with van der Waals surface area (Å²) < 4.78 is 42.2. The summed E-state index contributed by atoms with van der Waals surface area (Å²) in [6.07, 6.45) is -4.45. The Kier molecular flexibility index (Phi) is 5.64. The maximum atomic E-state index is 12.6. The van der Waals surface area contributed by atoms with Gasteiger partial charge in [-0.05, 0) is 36.4 Å². The number of hydrogen-bond acceptors (Lipinski definition) is 7. The number of aromatic nitrogens is 3. The standard InChI is InChI=1S/C19H17F3N6OS/c20-19(21,22)13-6-4-12(5-7-13)17(29)26-18-25-16(27-30-18)14-2-1-3-15(24-14)28-10-8-23-9-11-28/h1-7,23H,8-11H2,(H,25,26,27,29). The first-order valence-electron chi connectivity index (χ1n) is 9.15. The monoisotopic (exact) mass is 434 g/mol. The molecule has 1 aliphatic rings. The van der Waals surface area contributed by atoms with E-state index in [2.05, 4.69) is 29.9 Å². The van der Waals surface area contributed by atoms with Gasteiger partial charge >= 0.3 is 6.18 Å². The molecule has 0 saturated carbocycles. The molecule has 3 heterocycles. The van der Waals surface area contributed by atoms with Crippen molar-refractivity contribution in [3.05, 3.63) is 53.6 Å². The van der Waals surface area contributed by atoms with E-state index >= 15 is 0 Å². The molecular weight excluding hydrogens is 417 g/mol. The maximum absolute atomic E-state index is 12.6. The SMILES string of the molecule is O=C(Nc1nc(-c2cccc(N3CCNCC3)n2)ns1)c1ccc(C(F)(F)F)cc1. The normalized spacial score (nSPS) is 14.6. The average molecular weight is 434 g/mol. The Morgan fingerprint density at radius 1 is 1.07 bits per heavy atom. The van der Waals surface area contributed by atoms with Gasteiger partial charge in [-0.2, -0.15) is 22.5 Å². The number of amides is 1. The van der Waals surface area contributed by atoms with Crippen LogP contribution in [0, 0.1) is 0 Å². The molecule has 0 bridgehead atoms. The van der Waals surface area contributed by atoms with Crippen molar-refractivity contribution in [2.24, 2.45) is 0 Å².